The Kier molecular flexibility index (Phi) is 8.75. The summed E-state index contributed by atoms with van der Waals surface area (Å²) in [4.78, 5) is 23.1. The fourth-order valence-electron chi connectivity index (χ4n) is 3.46. The number of aliphatic hydroxyl groups excluding tert-OH is 1. The normalized spacial score (nSPS) is 16.1. The van der Waals surface area contributed by atoms with Crippen molar-refractivity contribution in [2.75, 3.05) is 19.6 Å². The Labute approximate surface area is 161 Å². The van der Waals surface area contributed by atoms with Crippen LogP contribution in [0.4, 0.5) is 0 Å². The molecule has 2 rings (SSSR count). The van der Waals surface area contributed by atoms with Crippen LogP contribution in [-0.2, 0) is 11.2 Å². The number of amides is 1. The zero-order valence-electron chi connectivity index (χ0n) is 16.3. The number of hydrazine groups is 1. The van der Waals surface area contributed by atoms with Crippen LogP contribution in [0.5, 0.6) is 0 Å². The molecule has 6 nitrogen and oxygen atoms in total. The van der Waals surface area contributed by atoms with Crippen LogP contribution in [0, 0.1) is 0 Å². The molecule has 1 saturated heterocycles. The number of carboxylic acids is 1. The molecule has 0 saturated carbocycles. The van der Waals surface area contributed by atoms with E-state index in [4.69, 9.17) is 5.11 Å². The highest BCUT2D eigenvalue weighted by Gasteiger charge is 2.28. The molecule has 1 aliphatic heterocycles. The van der Waals surface area contributed by atoms with Crippen LogP contribution in [0.2, 0.25) is 0 Å². The molecule has 0 aliphatic carbocycles. The van der Waals surface area contributed by atoms with Crippen LogP contribution in [0.3, 0.4) is 0 Å². The van der Waals surface area contributed by atoms with Gasteiger partial charge in [0.1, 0.15) is 0 Å². The van der Waals surface area contributed by atoms with Crippen LogP contribution in [0.15, 0.2) is 24.3 Å². The lowest BCUT2D eigenvalue weighted by atomic mass is 10.1. The van der Waals surface area contributed by atoms with Crippen molar-refractivity contribution in [2.24, 2.45) is 0 Å². The van der Waals surface area contributed by atoms with Crippen molar-refractivity contribution in [3.63, 3.8) is 0 Å². The molecule has 1 aromatic carbocycles. The quantitative estimate of drug-likeness (QED) is 0.548. The van der Waals surface area contributed by atoms with Gasteiger partial charge in [-0.1, -0.05) is 38.3 Å². The van der Waals surface area contributed by atoms with E-state index in [0.29, 0.717) is 19.4 Å². The molecule has 150 valence electrons. The third-order valence-electron chi connectivity index (χ3n) is 5.12. The summed E-state index contributed by atoms with van der Waals surface area (Å²) in [5, 5.41) is 22.9. The molecule has 0 bridgehead atoms. The predicted octanol–water partition coefficient (Wildman–Crippen LogP) is 3.10. The lowest BCUT2D eigenvalue weighted by Crippen LogP contribution is -2.41. The highest BCUT2D eigenvalue weighted by Crippen LogP contribution is 2.16. The fraction of sp³-hybridized carbons (Fsp3) is 0.619. The molecular weight excluding hydrogens is 344 g/mol. The summed E-state index contributed by atoms with van der Waals surface area (Å²) in [5.74, 6) is -0.792. The average molecular weight is 376 g/mol. The highest BCUT2D eigenvalue weighted by molar-refractivity contribution is 5.87. The van der Waals surface area contributed by atoms with Crippen molar-refractivity contribution in [2.45, 2.75) is 64.4 Å². The number of hydrogen-bond acceptors (Lipinski definition) is 4. The first-order valence-corrected chi connectivity index (χ1v) is 10.1. The Bertz CT molecular complexity index is 603. The van der Waals surface area contributed by atoms with Crippen molar-refractivity contribution in [3.8, 4) is 0 Å². The van der Waals surface area contributed by atoms with Crippen LogP contribution in [0.1, 0.15) is 67.8 Å². The van der Waals surface area contributed by atoms with Crippen LogP contribution in [-0.4, -0.2) is 57.8 Å². The molecule has 0 aromatic heterocycles. The minimum atomic E-state index is -0.931. The molecule has 1 heterocycles. The molecule has 1 aliphatic rings. The van der Waals surface area contributed by atoms with Gasteiger partial charge in [-0.3, -0.25) is 9.80 Å². The first-order chi connectivity index (χ1) is 13.0. The first kappa shape index (κ1) is 21.4. The molecular formula is C21H32N2O4. The molecule has 0 radical (unpaired) electrons. The van der Waals surface area contributed by atoms with E-state index in [-0.39, 0.29) is 17.6 Å². The van der Waals surface area contributed by atoms with Crippen molar-refractivity contribution >= 4 is 11.9 Å². The maximum atomic E-state index is 12.2. The zero-order valence-corrected chi connectivity index (χ0v) is 16.3. The van der Waals surface area contributed by atoms with E-state index < -0.39 is 5.97 Å². The van der Waals surface area contributed by atoms with Gasteiger partial charge >= 0.3 is 5.97 Å². The van der Waals surface area contributed by atoms with Gasteiger partial charge in [0.15, 0.2) is 0 Å². The number of carbonyl (C=O) groups excluding carboxylic acids is 1. The minimum Gasteiger partial charge on any atom is -0.478 e. The number of aliphatic hydroxyl groups is 1. The van der Waals surface area contributed by atoms with E-state index in [1.165, 1.54) is 6.42 Å². The summed E-state index contributed by atoms with van der Waals surface area (Å²) in [5.41, 5.74) is 1.29. The minimum absolute atomic E-state index is 0.139. The van der Waals surface area contributed by atoms with E-state index in [1.54, 1.807) is 24.3 Å². The largest absolute Gasteiger partial charge is 0.478 e. The number of aromatic carboxylic acids is 1. The van der Waals surface area contributed by atoms with Crippen LogP contribution in [0.25, 0.3) is 0 Å². The average Bonchev–Trinajstić information content (AvgIpc) is 3.00. The second-order valence-electron chi connectivity index (χ2n) is 7.26. The van der Waals surface area contributed by atoms with Gasteiger partial charge in [0.25, 0.3) is 0 Å². The molecule has 6 heteroatoms. The number of benzene rings is 1. The highest BCUT2D eigenvalue weighted by atomic mass is 16.4. The maximum Gasteiger partial charge on any atom is 0.335 e. The number of carbonyl (C=O) groups is 2. The van der Waals surface area contributed by atoms with Crippen molar-refractivity contribution in [1.29, 1.82) is 0 Å². The van der Waals surface area contributed by atoms with E-state index in [2.05, 4.69) is 11.9 Å². The van der Waals surface area contributed by atoms with Gasteiger partial charge in [0, 0.05) is 26.1 Å². The van der Waals surface area contributed by atoms with E-state index in [9.17, 15) is 14.7 Å². The molecule has 1 amide bonds. The SMILES string of the molecule is CCCCC[C@@H](O)CCCN1CCC(=O)N1CCc1ccc(C(=O)O)cc1. The van der Waals surface area contributed by atoms with Crippen LogP contribution < -0.4 is 0 Å². The Morgan fingerprint density at radius 1 is 1.11 bits per heavy atom. The fourth-order valence-corrected chi connectivity index (χ4v) is 3.46. The number of carboxylic acid groups (broad SMARTS) is 1. The summed E-state index contributed by atoms with van der Waals surface area (Å²) in [7, 11) is 0. The summed E-state index contributed by atoms with van der Waals surface area (Å²) in [6.45, 7) is 4.29. The van der Waals surface area contributed by atoms with Gasteiger partial charge in [-0.2, -0.15) is 0 Å². The van der Waals surface area contributed by atoms with Gasteiger partial charge in [-0.05, 0) is 43.4 Å². The number of unbranched alkanes of at least 4 members (excludes halogenated alkanes) is 2. The molecule has 27 heavy (non-hydrogen) atoms. The van der Waals surface area contributed by atoms with Gasteiger partial charge in [0.2, 0.25) is 5.91 Å². The standard InChI is InChI=1S/C21H32N2O4/c1-2-3-4-6-19(24)7-5-14-22-15-13-20(25)23(22)16-12-17-8-10-18(11-9-17)21(26)27/h8-11,19,24H,2-7,12-16H2,1H3,(H,26,27)/t19-/m1/s1. The Morgan fingerprint density at radius 2 is 1.81 bits per heavy atom. The van der Waals surface area contributed by atoms with E-state index in [1.807, 2.05) is 5.01 Å². The summed E-state index contributed by atoms with van der Waals surface area (Å²) < 4.78 is 0. The Balaban J connectivity index is 1.75. The van der Waals surface area contributed by atoms with E-state index in [0.717, 1.165) is 50.8 Å². The molecule has 0 spiro atoms. The Hall–Kier alpha value is -1.92. The molecule has 1 fully saturated rings. The molecule has 1 aromatic rings. The second kappa shape index (κ2) is 11.0. The zero-order chi connectivity index (χ0) is 19.6. The summed E-state index contributed by atoms with van der Waals surface area (Å²) >= 11 is 0. The summed E-state index contributed by atoms with van der Waals surface area (Å²) in [6, 6.07) is 6.81. The number of rotatable bonds is 12. The molecule has 1 atom stereocenters. The third-order valence-corrected chi connectivity index (χ3v) is 5.12. The lowest BCUT2D eigenvalue weighted by Gasteiger charge is -2.28. The van der Waals surface area contributed by atoms with Gasteiger partial charge in [-0.15, -0.1) is 0 Å². The van der Waals surface area contributed by atoms with Gasteiger partial charge < -0.3 is 10.2 Å². The smallest absolute Gasteiger partial charge is 0.335 e. The topological polar surface area (TPSA) is 81.1 Å². The van der Waals surface area contributed by atoms with Crippen molar-refractivity contribution in [3.05, 3.63) is 35.4 Å². The molecule has 2 N–H and O–H groups in total. The maximum absolute atomic E-state index is 12.2. The van der Waals surface area contributed by atoms with Crippen LogP contribution >= 0.6 is 0 Å². The number of hydrogen-bond donors (Lipinski definition) is 2. The van der Waals surface area contributed by atoms with Gasteiger partial charge in [-0.25, -0.2) is 9.80 Å². The monoisotopic (exact) mass is 376 g/mol. The lowest BCUT2D eigenvalue weighted by molar-refractivity contribution is -0.138. The van der Waals surface area contributed by atoms with Gasteiger partial charge in [0.05, 0.1) is 11.7 Å². The summed E-state index contributed by atoms with van der Waals surface area (Å²) in [6.07, 6.45) is 6.92. The second-order valence-corrected chi connectivity index (χ2v) is 7.26. The first-order valence-electron chi connectivity index (χ1n) is 10.1. The Morgan fingerprint density at radius 3 is 2.48 bits per heavy atom. The van der Waals surface area contributed by atoms with Crippen molar-refractivity contribution < 1.29 is 19.8 Å². The van der Waals surface area contributed by atoms with Crippen molar-refractivity contribution in [1.82, 2.24) is 10.0 Å². The predicted molar refractivity (Wildman–Crippen MR) is 104 cm³/mol. The third kappa shape index (κ3) is 6.96. The number of nitrogens with zero attached hydrogens (tertiary/aromatic N) is 2. The molecule has 0 unspecified atom stereocenters. The van der Waals surface area contributed by atoms with E-state index >= 15 is 0 Å².